The molecule has 2 unspecified atom stereocenters. The first kappa shape index (κ1) is 14.3. The van der Waals surface area contributed by atoms with Gasteiger partial charge >= 0.3 is 41.5 Å². The molecule has 0 heterocycles. The first-order valence-electron chi connectivity index (χ1n) is 3.66. The van der Waals surface area contributed by atoms with E-state index in [0.717, 1.165) is 18.2 Å². The van der Waals surface area contributed by atoms with Crippen LogP contribution in [0.5, 0.6) is 0 Å². The maximum absolute atomic E-state index is 10.5. The molecule has 1 aliphatic carbocycles. The number of hydrogen-bond acceptors (Lipinski definition) is 4. The van der Waals surface area contributed by atoms with Gasteiger partial charge < -0.3 is 21.9 Å². The second-order valence-electron chi connectivity index (χ2n) is 2.84. The molecular formula is C8H9NaO6. The van der Waals surface area contributed by atoms with Crippen molar-refractivity contribution >= 4 is 11.9 Å². The summed E-state index contributed by atoms with van der Waals surface area (Å²) in [5.41, 5.74) is -2.71. The average molecular weight is 224 g/mol. The van der Waals surface area contributed by atoms with Crippen molar-refractivity contribution in [1.82, 2.24) is 0 Å². The zero-order valence-electron chi connectivity index (χ0n) is 8.91. The normalized spacial score (nSPS) is 28.9. The van der Waals surface area contributed by atoms with E-state index in [9.17, 15) is 19.8 Å². The molecule has 0 radical (unpaired) electrons. The zero-order valence-corrected chi connectivity index (χ0v) is 9.91. The van der Waals surface area contributed by atoms with Crippen LogP contribution in [0.3, 0.4) is 0 Å². The van der Waals surface area contributed by atoms with Gasteiger partial charge in [0.25, 0.3) is 0 Å². The summed E-state index contributed by atoms with van der Waals surface area (Å²) in [6.45, 7) is 0. The number of carboxylic acids is 2. The number of aliphatic carboxylic acids is 2. The van der Waals surface area contributed by atoms with Crippen molar-refractivity contribution in [3.8, 4) is 0 Å². The summed E-state index contributed by atoms with van der Waals surface area (Å²) in [5, 5.41) is 35.6. The second-order valence-corrected chi connectivity index (χ2v) is 2.84. The van der Waals surface area contributed by atoms with E-state index in [0.29, 0.717) is 0 Å². The van der Waals surface area contributed by atoms with Crippen molar-refractivity contribution in [3.05, 3.63) is 23.8 Å². The predicted molar refractivity (Wildman–Crippen MR) is 44.6 cm³/mol. The minimum atomic E-state index is -2.45. The molecule has 2 atom stereocenters. The van der Waals surface area contributed by atoms with E-state index in [2.05, 4.69) is 0 Å². The SMILES string of the molecule is O=C(O)C1=CC(O)C(O)(C(=O)O)C=C1.[H-].[Na+]. The van der Waals surface area contributed by atoms with Crippen LogP contribution in [0.2, 0.25) is 0 Å². The number of hydrogen-bond donors (Lipinski definition) is 4. The number of rotatable bonds is 2. The third-order valence-corrected chi connectivity index (χ3v) is 1.89. The minimum Gasteiger partial charge on any atom is -1.00 e. The second kappa shape index (κ2) is 4.91. The Morgan fingerprint density at radius 3 is 2.27 bits per heavy atom. The van der Waals surface area contributed by atoms with Crippen molar-refractivity contribution in [2.45, 2.75) is 11.7 Å². The smallest absolute Gasteiger partial charge is 1.00 e. The molecule has 0 aromatic rings. The van der Waals surface area contributed by atoms with Crippen molar-refractivity contribution in [3.63, 3.8) is 0 Å². The van der Waals surface area contributed by atoms with E-state index in [1.54, 1.807) is 0 Å². The third-order valence-electron chi connectivity index (χ3n) is 1.89. The van der Waals surface area contributed by atoms with E-state index in [-0.39, 0.29) is 36.6 Å². The molecule has 15 heavy (non-hydrogen) atoms. The van der Waals surface area contributed by atoms with Gasteiger partial charge in [-0.15, -0.1) is 0 Å². The quantitative estimate of drug-likeness (QED) is 0.354. The van der Waals surface area contributed by atoms with Gasteiger partial charge in [0.1, 0.15) is 6.10 Å². The maximum atomic E-state index is 10.5. The van der Waals surface area contributed by atoms with Crippen molar-refractivity contribution in [2.75, 3.05) is 0 Å². The summed E-state index contributed by atoms with van der Waals surface area (Å²) >= 11 is 0. The topological polar surface area (TPSA) is 115 Å². The summed E-state index contributed by atoms with van der Waals surface area (Å²) in [6, 6.07) is 0. The Bertz CT molecular complexity index is 352. The molecule has 0 saturated carbocycles. The van der Waals surface area contributed by atoms with E-state index in [1.807, 2.05) is 0 Å². The number of carbonyl (C=O) groups is 2. The molecule has 1 aliphatic rings. The van der Waals surface area contributed by atoms with Gasteiger partial charge in [-0.05, 0) is 18.2 Å². The van der Waals surface area contributed by atoms with Crippen LogP contribution in [0, 0.1) is 0 Å². The number of aliphatic hydroxyl groups is 2. The Hall–Kier alpha value is -0.660. The molecule has 0 amide bonds. The van der Waals surface area contributed by atoms with E-state index in [4.69, 9.17) is 10.2 Å². The molecule has 0 spiro atoms. The van der Waals surface area contributed by atoms with Crippen LogP contribution in [0.15, 0.2) is 23.8 Å². The van der Waals surface area contributed by atoms with Gasteiger partial charge in [0.05, 0.1) is 5.57 Å². The molecule has 6 nitrogen and oxygen atoms in total. The Balaban J connectivity index is 0. The van der Waals surface area contributed by atoms with Gasteiger partial charge in [-0.1, -0.05) is 0 Å². The maximum Gasteiger partial charge on any atom is 1.00 e. The fourth-order valence-electron chi connectivity index (χ4n) is 1.01. The monoisotopic (exact) mass is 224 g/mol. The molecule has 7 heteroatoms. The Labute approximate surface area is 108 Å². The fraction of sp³-hybridized carbons (Fsp3) is 0.250. The number of carboxylic acid groups (broad SMARTS) is 2. The largest absolute Gasteiger partial charge is 1.00 e. The van der Waals surface area contributed by atoms with Gasteiger partial charge in [0.2, 0.25) is 5.60 Å². The van der Waals surface area contributed by atoms with Crippen LogP contribution >= 0.6 is 0 Å². The van der Waals surface area contributed by atoms with Gasteiger partial charge in [0, 0.05) is 0 Å². The van der Waals surface area contributed by atoms with Crippen LogP contribution in [-0.4, -0.2) is 44.1 Å². The summed E-state index contributed by atoms with van der Waals surface area (Å²) < 4.78 is 0. The van der Waals surface area contributed by atoms with Gasteiger partial charge in [-0.25, -0.2) is 9.59 Å². The van der Waals surface area contributed by atoms with Crippen molar-refractivity contribution in [2.24, 2.45) is 0 Å². The van der Waals surface area contributed by atoms with Gasteiger partial charge in [0.15, 0.2) is 0 Å². The number of aliphatic hydroxyl groups excluding tert-OH is 1. The first-order chi connectivity index (χ1) is 6.38. The Kier molecular flexibility index (Phi) is 4.69. The molecule has 4 N–H and O–H groups in total. The van der Waals surface area contributed by atoms with E-state index < -0.39 is 23.6 Å². The summed E-state index contributed by atoms with van der Waals surface area (Å²) in [4.78, 5) is 20.9. The molecule has 0 aromatic carbocycles. The first-order valence-corrected chi connectivity index (χ1v) is 3.66. The van der Waals surface area contributed by atoms with Crippen LogP contribution < -0.4 is 29.6 Å². The molecule has 0 fully saturated rings. The van der Waals surface area contributed by atoms with Crippen molar-refractivity contribution in [1.29, 1.82) is 0 Å². The van der Waals surface area contributed by atoms with Gasteiger partial charge in [-0.2, -0.15) is 0 Å². The zero-order chi connectivity index (χ0) is 10.9. The summed E-state index contributed by atoms with van der Waals surface area (Å²) in [5.74, 6) is -2.94. The van der Waals surface area contributed by atoms with Crippen LogP contribution in [0.4, 0.5) is 0 Å². The van der Waals surface area contributed by atoms with Gasteiger partial charge in [-0.3, -0.25) is 0 Å². The molecule has 78 valence electrons. The fourth-order valence-corrected chi connectivity index (χ4v) is 1.01. The standard InChI is InChI=1S/C8H8O6.Na.H/c9-5-3-4(6(10)11)1-2-8(5,14)7(12)13;;/h1-3,5,9,14H,(H,10,11)(H,12,13);;/q;+1;-1. The predicted octanol–water partition coefficient (Wildman–Crippen LogP) is -4.14. The Morgan fingerprint density at radius 1 is 1.40 bits per heavy atom. The van der Waals surface area contributed by atoms with Crippen LogP contribution in [0.25, 0.3) is 0 Å². The van der Waals surface area contributed by atoms with Crippen LogP contribution in [-0.2, 0) is 9.59 Å². The molecule has 0 bridgehead atoms. The average Bonchev–Trinajstić information content (AvgIpc) is 2.09. The molecule has 1 rings (SSSR count). The van der Waals surface area contributed by atoms with Crippen molar-refractivity contribution < 1.29 is 61.0 Å². The third kappa shape index (κ3) is 2.67. The molecule has 0 saturated heterocycles. The van der Waals surface area contributed by atoms with E-state index in [1.165, 1.54) is 0 Å². The Morgan fingerprint density at radius 2 is 1.93 bits per heavy atom. The molecule has 0 aliphatic heterocycles. The minimum absolute atomic E-state index is 0. The summed E-state index contributed by atoms with van der Waals surface area (Å²) in [7, 11) is 0. The molecular weight excluding hydrogens is 215 g/mol. The summed E-state index contributed by atoms with van der Waals surface area (Å²) in [6.07, 6.45) is 0.680. The molecule has 0 aromatic heterocycles. The van der Waals surface area contributed by atoms with E-state index >= 15 is 0 Å². The van der Waals surface area contributed by atoms with Crippen LogP contribution in [0.1, 0.15) is 1.43 Å².